The van der Waals surface area contributed by atoms with Crippen LogP contribution in [-0.4, -0.2) is 11.0 Å². The van der Waals surface area contributed by atoms with Gasteiger partial charge in [0.05, 0.1) is 5.56 Å². The second-order valence-corrected chi connectivity index (χ2v) is 4.35. The number of hydrogen-bond donors (Lipinski definition) is 2. The van der Waals surface area contributed by atoms with Crippen molar-refractivity contribution in [1.29, 1.82) is 0 Å². The summed E-state index contributed by atoms with van der Waals surface area (Å²) in [6.45, 7) is 4.01. The highest BCUT2D eigenvalue weighted by molar-refractivity contribution is 5.99. The van der Waals surface area contributed by atoms with Crippen molar-refractivity contribution in [1.82, 2.24) is 0 Å². The number of nitrogens with zero attached hydrogens (tertiary/aromatic N) is 1. The summed E-state index contributed by atoms with van der Waals surface area (Å²) in [7, 11) is 0. The molecule has 0 aliphatic heterocycles. The average molecular weight is 256 g/mol. The molecule has 0 aliphatic carbocycles. The summed E-state index contributed by atoms with van der Waals surface area (Å²) < 4.78 is 5.85. The minimum atomic E-state index is 0.0281. The smallest absolute Gasteiger partial charge is 0.173 e. The first-order valence-corrected chi connectivity index (χ1v) is 5.94. The van der Waals surface area contributed by atoms with E-state index in [-0.39, 0.29) is 5.84 Å². The van der Waals surface area contributed by atoms with Crippen LogP contribution in [0.5, 0.6) is 11.5 Å². The molecule has 2 aromatic carbocycles. The fraction of sp³-hybridized carbons (Fsp3) is 0.133. The molecule has 19 heavy (non-hydrogen) atoms. The van der Waals surface area contributed by atoms with E-state index in [0.717, 1.165) is 11.3 Å². The Morgan fingerprint density at radius 1 is 1.11 bits per heavy atom. The number of nitrogens with two attached hydrogens (primary N) is 1. The predicted molar refractivity (Wildman–Crippen MR) is 74.9 cm³/mol. The second kappa shape index (κ2) is 5.44. The molecule has 4 nitrogen and oxygen atoms in total. The molecule has 0 aliphatic rings. The zero-order valence-electron chi connectivity index (χ0n) is 10.9. The summed E-state index contributed by atoms with van der Waals surface area (Å²) in [5.41, 5.74) is 8.40. The second-order valence-electron chi connectivity index (χ2n) is 4.35. The maximum Gasteiger partial charge on any atom is 0.173 e. The number of amidine groups is 1. The normalized spacial score (nSPS) is 11.4. The first kappa shape index (κ1) is 13.0. The zero-order chi connectivity index (χ0) is 13.8. The Balaban J connectivity index is 2.38. The molecule has 0 heterocycles. The molecular weight excluding hydrogens is 240 g/mol. The van der Waals surface area contributed by atoms with E-state index in [0.29, 0.717) is 11.3 Å². The molecule has 0 saturated carbocycles. The molecule has 3 N–H and O–H groups in total. The molecule has 0 atom stereocenters. The number of hydrogen-bond acceptors (Lipinski definition) is 3. The highest BCUT2D eigenvalue weighted by atomic mass is 16.5. The molecule has 0 bridgehead atoms. The highest BCUT2D eigenvalue weighted by Crippen LogP contribution is 2.28. The quantitative estimate of drug-likeness (QED) is 0.383. The molecule has 0 radical (unpaired) electrons. The molecule has 98 valence electrons. The lowest BCUT2D eigenvalue weighted by molar-refractivity contribution is 0.318. The Hall–Kier alpha value is -2.49. The molecule has 0 spiro atoms. The van der Waals surface area contributed by atoms with E-state index in [2.05, 4.69) is 5.16 Å². The molecule has 0 aromatic heterocycles. The third-order valence-corrected chi connectivity index (χ3v) is 2.82. The van der Waals surface area contributed by atoms with Crippen LogP contribution in [0.3, 0.4) is 0 Å². The Morgan fingerprint density at radius 3 is 2.53 bits per heavy atom. The summed E-state index contributed by atoms with van der Waals surface area (Å²) >= 11 is 0. The molecule has 2 aromatic rings. The Bertz CT molecular complexity index is 621. The summed E-state index contributed by atoms with van der Waals surface area (Å²) in [5, 5.41) is 11.8. The average Bonchev–Trinajstić information content (AvgIpc) is 2.41. The van der Waals surface area contributed by atoms with E-state index < -0.39 is 0 Å². The topological polar surface area (TPSA) is 67.8 Å². The van der Waals surface area contributed by atoms with Gasteiger partial charge in [-0.05, 0) is 37.6 Å². The lowest BCUT2D eigenvalue weighted by atomic mass is 10.1. The predicted octanol–water partition coefficient (Wildman–Crippen LogP) is 3.19. The lowest BCUT2D eigenvalue weighted by Gasteiger charge is -2.12. The number of rotatable bonds is 3. The summed E-state index contributed by atoms with van der Waals surface area (Å²) in [4.78, 5) is 0. The van der Waals surface area contributed by atoms with Crippen LogP contribution in [-0.2, 0) is 0 Å². The Labute approximate surface area is 112 Å². The number of aryl methyl sites for hydroxylation is 2. The van der Waals surface area contributed by atoms with Gasteiger partial charge in [-0.25, -0.2) is 0 Å². The number of para-hydroxylation sites is 1. The van der Waals surface area contributed by atoms with Gasteiger partial charge in [0, 0.05) is 0 Å². The number of ether oxygens (including phenoxy) is 1. The van der Waals surface area contributed by atoms with Crippen molar-refractivity contribution in [3.63, 3.8) is 0 Å². The van der Waals surface area contributed by atoms with E-state index in [9.17, 15) is 0 Å². The first-order chi connectivity index (χ1) is 9.11. The van der Waals surface area contributed by atoms with Crippen molar-refractivity contribution in [2.24, 2.45) is 10.9 Å². The van der Waals surface area contributed by atoms with Crippen LogP contribution in [0.1, 0.15) is 16.7 Å². The fourth-order valence-corrected chi connectivity index (χ4v) is 1.85. The van der Waals surface area contributed by atoms with Gasteiger partial charge in [0.1, 0.15) is 11.5 Å². The summed E-state index contributed by atoms with van der Waals surface area (Å²) in [6.07, 6.45) is 0. The minimum Gasteiger partial charge on any atom is -0.456 e. The number of benzene rings is 2. The maximum atomic E-state index is 8.78. The van der Waals surface area contributed by atoms with Crippen LogP contribution in [0, 0.1) is 13.8 Å². The maximum absolute atomic E-state index is 8.78. The van der Waals surface area contributed by atoms with Crippen LogP contribution >= 0.6 is 0 Å². The van der Waals surface area contributed by atoms with Crippen LogP contribution < -0.4 is 10.5 Å². The third kappa shape index (κ3) is 2.85. The van der Waals surface area contributed by atoms with Crippen molar-refractivity contribution < 1.29 is 9.94 Å². The lowest BCUT2D eigenvalue weighted by Crippen LogP contribution is -2.14. The molecule has 0 fully saturated rings. The van der Waals surface area contributed by atoms with Gasteiger partial charge < -0.3 is 15.7 Å². The van der Waals surface area contributed by atoms with Gasteiger partial charge in [-0.1, -0.05) is 35.0 Å². The van der Waals surface area contributed by atoms with Crippen molar-refractivity contribution in [3.05, 3.63) is 59.2 Å². The van der Waals surface area contributed by atoms with Gasteiger partial charge in [0.25, 0.3) is 0 Å². The van der Waals surface area contributed by atoms with Gasteiger partial charge in [0.2, 0.25) is 0 Å². The van der Waals surface area contributed by atoms with Gasteiger partial charge in [-0.15, -0.1) is 0 Å². The Morgan fingerprint density at radius 2 is 1.84 bits per heavy atom. The standard InChI is InChI=1S/C15H16N2O2/c1-10-7-8-13(11(2)9-10)19-14-6-4-3-5-12(14)15(16)17-18/h3-9,18H,1-2H3,(H2,16,17). The van der Waals surface area contributed by atoms with Gasteiger partial charge in [-0.3, -0.25) is 0 Å². The van der Waals surface area contributed by atoms with E-state index in [1.807, 2.05) is 44.2 Å². The summed E-state index contributed by atoms with van der Waals surface area (Å²) in [6, 6.07) is 13.1. The molecule has 2 rings (SSSR count). The monoisotopic (exact) mass is 256 g/mol. The van der Waals surface area contributed by atoms with Crippen LogP contribution in [0.25, 0.3) is 0 Å². The van der Waals surface area contributed by atoms with Gasteiger partial charge in [0.15, 0.2) is 5.84 Å². The van der Waals surface area contributed by atoms with Crippen molar-refractivity contribution in [2.75, 3.05) is 0 Å². The molecule has 0 saturated heterocycles. The molecule has 0 unspecified atom stereocenters. The van der Waals surface area contributed by atoms with E-state index in [1.165, 1.54) is 5.56 Å². The van der Waals surface area contributed by atoms with Gasteiger partial charge >= 0.3 is 0 Å². The fourth-order valence-electron chi connectivity index (χ4n) is 1.85. The molecule has 0 amide bonds. The first-order valence-electron chi connectivity index (χ1n) is 5.94. The SMILES string of the molecule is Cc1ccc(Oc2ccccc2/C(N)=N/O)c(C)c1. The van der Waals surface area contributed by atoms with Crippen molar-refractivity contribution in [3.8, 4) is 11.5 Å². The zero-order valence-corrected chi connectivity index (χ0v) is 10.9. The van der Waals surface area contributed by atoms with Crippen molar-refractivity contribution >= 4 is 5.84 Å². The van der Waals surface area contributed by atoms with Crippen LogP contribution in [0.4, 0.5) is 0 Å². The summed E-state index contributed by atoms with van der Waals surface area (Å²) in [5.74, 6) is 1.34. The third-order valence-electron chi connectivity index (χ3n) is 2.82. The van der Waals surface area contributed by atoms with E-state index >= 15 is 0 Å². The largest absolute Gasteiger partial charge is 0.456 e. The van der Waals surface area contributed by atoms with E-state index in [4.69, 9.17) is 15.7 Å². The van der Waals surface area contributed by atoms with Crippen LogP contribution in [0.15, 0.2) is 47.6 Å². The van der Waals surface area contributed by atoms with Gasteiger partial charge in [-0.2, -0.15) is 0 Å². The molecular formula is C15H16N2O2. The Kier molecular flexibility index (Phi) is 3.71. The minimum absolute atomic E-state index is 0.0281. The molecule has 4 heteroatoms. The highest BCUT2D eigenvalue weighted by Gasteiger charge is 2.09. The van der Waals surface area contributed by atoms with Crippen molar-refractivity contribution in [2.45, 2.75) is 13.8 Å². The number of oxime groups is 1. The van der Waals surface area contributed by atoms with Crippen LogP contribution in [0.2, 0.25) is 0 Å². The van der Waals surface area contributed by atoms with E-state index in [1.54, 1.807) is 12.1 Å².